The summed E-state index contributed by atoms with van der Waals surface area (Å²) in [7, 11) is 0. The Morgan fingerprint density at radius 1 is 0.885 bits per heavy atom. The maximum Gasteiger partial charge on any atom is 0.212 e. The van der Waals surface area contributed by atoms with Crippen molar-refractivity contribution in [3.8, 4) is 0 Å². The molecule has 0 bridgehead atoms. The SMILES string of the molecule is C.CCN1/C(=C/c2ccc3ccccc3[n+]2CC)C=Cc2ccccc21. The van der Waals surface area contributed by atoms with Crippen LogP contribution in [0.5, 0.6) is 0 Å². The van der Waals surface area contributed by atoms with Crippen LogP contribution in [-0.4, -0.2) is 6.54 Å². The Balaban J connectivity index is 0.00000196. The van der Waals surface area contributed by atoms with Crippen LogP contribution in [0.2, 0.25) is 0 Å². The van der Waals surface area contributed by atoms with E-state index in [-0.39, 0.29) is 7.43 Å². The van der Waals surface area contributed by atoms with Gasteiger partial charge in [-0.3, -0.25) is 0 Å². The molecule has 1 aromatic heterocycles. The summed E-state index contributed by atoms with van der Waals surface area (Å²) in [5.74, 6) is 0. The highest BCUT2D eigenvalue weighted by atomic mass is 15.1. The highest BCUT2D eigenvalue weighted by Crippen LogP contribution is 2.31. The first-order chi connectivity index (χ1) is 12.3. The van der Waals surface area contributed by atoms with Crippen molar-refractivity contribution in [1.82, 2.24) is 0 Å². The van der Waals surface area contributed by atoms with Crippen molar-refractivity contribution >= 4 is 28.7 Å². The summed E-state index contributed by atoms with van der Waals surface area (Å²) in [6.45, 7) is 6.32. The third kappa shape index (κ3) is 3.03. The average Bonchev–Trinajstić information content (AvgIpc) is 2.67. The van der Waals surface area contributed by atoms with Gasteiger partial charge in [0.2, 0.25) is 11.2 Å². The predicted molar refractivity (Wildman–Crippen MR) is 113 cm³/mol. The van der Waals surface area contributed by atoms with Crippen molar-refractivity contribution in [2.45, 2.75) is 27.8 Å². The molecule has 0 radical (unpaired) electrons. The Morgan fingerprint density at radius 2 is 1.65 bits per heavy atom. The number of aryl methyl sites for hydroxylation is 1. The van der Waals surface area contributed by atoms with Crippen LogP contribution in [0.1, 0.15) is 32.5 Å². The van der Waals surface area contributed by atoms with E-state index < -0.39 is 0 Å². The summed E-state index contributed by atoms with van der Waals surface area (Å²) < 4.78 is 2.38. The van der Waals surface area contributed by atoms with Crippen LogP contribution in [0.15, 0.2) is 72.4 Å². The molecule has 2 heteroatoms. The molecule has 2 heterocycles. The molecule has 3 aromatic rings. The van der Waals surface area contributed by atoms with E-state index in [1.54, 1.807) is 0 Å². The molecule has 0 atom stereocenters. The van der Waals surface area contributed by atoms with Crippen molar-refractivity contribution in [2.24, 2.45) is 0 Å². The van der Waals surface area contributed by atoms with Gasteiger partial charge in [0.05, 0.1) is 0 Å². The Bertz CT molecular complexity index is 982. The zero-order valence-corrected chi connectivity index (χ0v) is 14.8. The summed E-state index contributed by atoms with van der Waals surface area (Å²) in [5.41, 5.74) is 6.31. The highest BCUT2D eigenvalue weighted by Gasteiger charge is 2.18. The molecule has 1 aliphatic rings. The quantitative estimate of drug-likeness (QED) is 0.555. The van der Waals surface area contributed by atoms with E-state index in [9.17, 15) is 0 Å². The lowest BCUT2D eigenvalue weighted by atomic mass is 10.0. The van der Waals surface area contributed by atoms with E-state index in [1.165, 1.54) is 33.5 Å². The lowest BCUT2D eigenvalue weighted by Crippen LogP contribution is -2.37. The van der Waals surface area contributed by atoms with Gasteiger partial charge in [-0.25, -0.2) is 0 Å². The lowest BCUT2D eigenvalue weighted by Gasteiger charge is -2.29. The number of hydrogen-bond donors (Lipinski definition) is 0. The molecule has 0 saturated carbocycles. The van der Waals surface area contributed by atoms with Crippen LogP contribution in [-0.2, 0) is 6.54 Å². The summed E-state index contributed by atoms with van der Waals surface area (Å²) in [6, 6.07) is 21.6. The van der Waals surface area contributed by atoms with Crippen molar-refractivity contribution in [1.29, 1.82) is 0 Å². The summed E-state index contributed by atoms with van der Waals surface area (Å²) in [4.78, 5) is 2.38. The smallest absolute Gasteiger partial charge is 0.212 e. The first-order valence-corrected chi connectivity index (χ1v) is 8.99. The van der Waals surface area contributed by atoms with Gasteiger partial charge in [-0.2, -0.15) is 4.57 Å². The van der Waals surface area contributed by atoms with Crippen LogP contribution in [0.4, 0.5) is 5.69 Å². The number of rotatable bonds is 3. The second-order valence-corrected chi connectivity index (χ2v) is 6.27. The second-order valence-electron chi connectivity index (χ2n) is 6.27. The third-order valence-electron chi connectivity index (χ3n) is 4.87. The zero-order chi connectivity index (χ0) is 17.2. The molecule has 1 aliphatic heterocycles. The van der Waals surface area contributed by atoms with E-state index in [2.05, 4.69) is 102 Å². The number of likely N-dealkylation sites (N-methyl/N-ethyl adjacent to an activating group) is 1. The molecular weight excluding hydrogens is 316 g/mol. The van der Waals surface area contributed by atoms with Gasteiger partial charge in [0.25, 0.3) is 0 Å². The molecule has 0 aliphatic carbocycles. The molecule has 2 aromatic carbocycles. The molecule has 0 amide bonds. The minimum absolute atomic E-state index is 0. The normalized spacial score (nSPS) is 14.4. The molecule has 0 saturated heterocycles. The standard InChI is InChI=1S/C23H23N2.CH4/c1-3-24-20(15-13-18-9-5-7-11-22(18)24)17-21-16-14-19-10-6-8-12-23(19)25(21)4-2;/h5-17H,3-4H2,1-2H3;1H4/q+1;. The topological polar surface area (TPSA) is 7.12 Å². The van der Waals surface area contributed by atoms with Crippen molar-refractivity contribution in [3.63, 3.8) is 0 Å². The maximum atomic E-state index is 2.38. The number of pyridine rings is 1. The number of benzene rings is 2. The summed E-state index contributed by atoms with van der Waals surface area (Å²) >= 11 is 0. The van der Waals surface area contributed by atoms with Crippen molar-refractivity contribution < 1.29 is 4.57 Å². The van der Waals surface area contributed by atoms with Crippen molar-refractivity contribution in [2.75, 3.05) is 11.4 Å². The van der Waals surface area contributed by atoms with Crippen LogP contribution < -0.4 is 9.47 Å². The van der Waals surface area contributed by atoms with E-state index in [1.807, 2.05) is 0 Å². The van der Waals surface area contributed by atoms with Gasteiger partial charge in [0.15, 0.2) is 0 Å². The fourth-order valence-electron chi connectivity index (χ4n) is 3.67. The van der Waals surface area contributed by atoms with Crippen LogP contribution in [0.25, 0.3) is 23.1 Å². The minimum atomic E-state index is 0. The van der Waals surface area contributed by atoms with Crippen LogP contribution >= 0.6 is 0 Å². The van der Waals surface area contributed by atoms with E-state index in [4.69, 9.17) is 0 Å². The molecule has 0 spiro atoms. The Kier molecular flexibility index (Phi) is 5.22. The van der Waals surface area contributed by atoms with E-state index >= 15 is 0 Å². The number of hydrogen-bond acceptors (Lipinski definition) is 1. The van der Waals surface area contributed by atoms with Crippen molar-refractivity contribution in [3.05, 3.63) is 83.7 Å². The Labute approximate surface area is 156 Å². The predicted octanol–water partition coefficient (Wildman–Crippen LogP) is 5.68. The number of nitrogens with zero attached hydrogens (tertiary/aromatic N) is 2. The highest BCUT2D eigenvalue weighted by molar-refractivity contribution is 5.80. The molecule has 0 unspecified atom stereocenters. The van der Waals surface area contributed by atoms with E-state index in [0.29, 0.717) is 0 Å². The third-order valence-corrected chi connectivity index (χ3v) is 4.87. The molecular formula is C24H27N2+. The molecule has 26 heavy (non-hydrogen) atoms. The molecule has 2 nitrogen and oxygen atoms in total. The second kappa shape index (κ2) is 7.57. The zero-order valence-electron chi connectivity index (χ0n) is 14.8. The number of para-hydroxylation sites is 2. The maximum absolute atomic E-state index is 2.38. The molecule has 132 valence electrons. The fourth-order valence-corrected chi connectivity index (χ4v) is 3.67. The van der Waals surface area contributed by atoms with Gasteiger partial charge in [-0.05, 0) is 43.7 Å². The summed E-state index contributed by atoms with van der Waals surface area (Å²) in [5, 5.41) is 1.28. The molecule has 0 N–H and O–H groups in total. The fraction of sp³-hybridized carbons (Fsp3) is 0.208. The number of anilines is 1. The molecule has 4 rings (SSSR count). The van der Waals surface area contributed by atoms with Gasteiger partial charge in [0.1, 0.15) is 6.54 Å². The number of allylic oxidation sites excluding steroid dienone is 1. The van der Waals surface area contributed by atoms with E-state index in [0.717, 1.165) is 13.1 Å². The number of fused-ring (bicyclic) bond motifs is 2. The lowest BCUT2D eigenvalue weighted by molar-refractivity contribution is -0.669. The Morgan fingerprint density at radius 3 is 2.46 bits per heavy atom. The monoisotopic (exact) mass is 343 g/mol. The Hall–Kier alpha value is -2.87. The van der Waals surface area contributed by atoms with Gasteiger partial charge in [-0.1, -0.05) is 43.8 Å². The largest absolute Gasteiger partial charge is 0.341 e. The van der Waals surface area contributed by atoms with Gasteiger partial charge < -0.3 is 4.90 Å². The average molecular weight is 343 g/mol. The molecule has 0 fully saturated rings. The first kappa shape index (κ1) is 17.9. The minimum Gasteiger partial charge on any atom is -0.341 e. The van der Waals surface area contributed by atoms with Crippen LogP contribution in [0, 0.1) is 0 Å². The van der Waals surface area contributed by atoms with Gasteiger partial charge in [0, 0.05) is 41.5 Å². The van der Waals surface area contributed by atoms with Gasteiger partial charge in [-0.15, -0.1) is 0 Å². The first-order valence-electron chi connectivity index (χ1n) is 8.99. The summed E-state index contributed by atoms with van der Waals surface area (Å²) in [6.07, 6.45) is 6.73. The number of aromatic nitrogens is 1. The van der Waals surface area contributed by atoms with Gasteiger partial charge >= 0.3 is 0 Å². The van der Waals surface area contributed by atoms with Crippen LogP contribution in [0.3, 0.4) is 0 Å².